The van der Waals surface area contributed by atoms with Crippen molar-refractivity contribution in [3.63, 3.8) is 0 Å². The number of carbonyl (C=O) groups excluding carboxylic acids is 1. The van der Waals surface area contributed by atoms with Gasteiger partial charge in [0.2, 0.25) is 0 Å². The summed E-state index contributed by atoms with van der Waals surface area (Å²) in [4.78, 5) is 28.6. The van der Waals surface area contributed by atoms with E-state index in [4.69, 9.17) is 0 Å². The molecule has 0 aliphatic rings. The van der Waals surface area contributed by atoms with Gasteiger partial charge in [-0.15, -0.1) is 0 Å². The van der Waals surface area contributed by atoms with E-state index in [1.165, 1.54) is 6.20 Å². The van der Waals surface area contributed by atoms with Crippen molar-refractivity contribution in [3.8, 4) is 0 Å². The van der Waals surface area contributed by atoms with E-state index in [9.17, 15) is 4.79 Å². The Kier molecular flexibility index (Phi) is 6.11. The number of amidine groups is 1. The number of nitrogens with zero attached hydrogens (tertiary/aromatic N) is 4. The van der Waals surface area contributed by atoms with Crippen molar-refractivity contribution < 1.29 is 4.79 Å². The molecule has 2 rings (SSSR count). The molecule has 1 amide bonds. The highest BCUT2D eigenvalue weighted by Gasteiger charge is 2.09. The first-order valence-electron chi connectivity index (χ1n) is 7.32. The van der Waals surface area contributed by atoms with Crippen molar-refractivity contribution in [1.82, 2.24) is 20.3 Å². The van der Waals surface area contributed by atoms with E-state index in [0.29, 0.717) is 11.4 Å². The Hall–Kier alpha value is -2.89. The van der Waals surface area contributed by atoms with Gasteiger partial charge < -0.3 is 5.32 Å². The lowest BCUT2D eigenvalue weighted by Gasteiger charge is -2.08. The van der Waals surface area contributed by atoms with E-state index in [0.717, 1.165) is 24.2 Å². The second kappa shape index (κ2) is 8.53. The second-order valence-corrected chi connectivity index (χ2v) is 4.86. The highest BCUT2D eigenvalue weighted by Crippen LogP contribution is 2.03. The molecule has 2 aromatic heterocycles. The molecule has 0 aromatic carbocycles. The van der Waals surface area contributed by atoms with Crippen molar-refractivity contribution in [1.29, 1.82) is 0 Å². The molecule has 6 heteroatoms. The Morgan fingerprint density at radius 1 is 1.26 bits per heavy atom. The summed E-state index contributed by atoms with van der Waals surface area (Å²) >= 11 is 0. The maximum atomic E-state index is 12.1. The largest absolute Gasteiger partial charge is 0.307 e. The molecular weight excluding hydrogens is 290 g/mol. The lowest BCUT2D eigenvalue weighted by atomic mass is 10.1. The van der Waals surface area contributed by atoms with E-state index >= 15 is 0 Å². The van der Waals surface area contributed by atoms with E-state index < -0.39 is 0 Å². The molecule has 0 spiro atoms. The van der Waals surface area contributed by atoms with Crippen LogP contribution in [0.25, 0.3) is 0 Å². The Labute approximate surface area is 135 Å². The quantitative estimate of drug-likeness (QED) is 0.678. The van der Waals surface area contributed by atoms with Gasteiger partial charge in [0.1, 0.15) is 11.7 Å². The highest BCUT2D eigenvalue weighted by molar-refractivity contribution is 6.12. The maximum Gasteiger partial charge on any atom is 0.258 e. The van der Waals surface area contributed by atoms with E-state index in [1.54, 1.807) is 43.8 Å². The van der Waals surface area contributed by atoms with E-state index in [1.807, 2.05) is 13.0 Å². The third kappa shape index (κ3) is 5.10. The number of rotatable bonds is 5. The number of aromatic nitrogens is 3. The number of aryl methyl sites for hydroxylation is 1. The van der Waals surface area contributed by atoms with Crippen LogP contribution in [0, 0.1) is 0 Å². The molecule has 6 nitrogen and oxygen atoms in total. The first-order valence-corrected chi connectivity index (χ1v) is 7.32. The number of hydrogen-bond acceptors (Lipinski definition) is 5. The fourth-order valence-electron chi connectivity index (χ4n) is 1.98. The Morgan fingerprint density at radius 3 is 2.70 bits per heavy atom. The lowest BCUT2D eigenvalue weighted by molar-refractivity contribution is 0.0976. The fraction of sp³-hybridized carbons (Fsp3) is 0.235. The summed E-state index contributed by atoms with van der Waals surface area (Å²) in [6.45, 7) is 1.91. The molecule has 0 radical (unpaired) electrons. The van der Waals surface area contributed by atoms with Crippen LogP contribution < -0.4 is 5.32 Å². The monoisotopic (exact) mass is 309 g/mol. The number of carbonyl (C=O) groups is 1. The third-order valence-electron chi connectivity index (χ3n) is 3.19. The van der Waals surface area contributed by atoms with Crippen LogP contribution in [-0.2, 0) is 6.42 Å². The van der Waals surface area contributed by atoms with Crippen molar-refractivity contribution >= 4 is 11.7 Å². The van der Waals surface area contributed by atoms with Crippen molar-refractivity contribution in [2.45, 2.75) is 19.8 Å². The van der Waals surface area contributed by atoms with Crippen LogP contribution in [0.15, 0.2) is 59.6 Å². The smallest absolute Gasteiger partial charge is 0.258 e. The van der Waals surface area contributed by atoms with Gasteiger partial charge in [0.25, 0.3) is 5.91 Å². The third-order valence-corrected chi connectivity index (χ3v) is 3.19. The second-order valence-electron chi connectivity index (χ2n) is 4.86. The summed E-state index contributed by atoms with van der Waals surface area (Å²) in [5, 5.41) is 2.80. The molecule has 1 N–H and O–H groups in total. The van der Waals surface area contributed by atoms with E-state index in [2.05, 4.69) is 25.3 Å². The standard InChI is InChI=1S/C17H19N5O/c1-13(6-3-8-15-20-10-5-11-21-15)16(18-2)22-17(23)14-7-4-9-19-12-14/h4-7,9-12H,3,8H2,1-2H3,(H,18,22,23)/b13-6-. The number of pyridine rings is 1. The predicted molar refractivity (Wildman–Crippen MR) is 89.2 cm³/mol. The molecular formula is C17H19N5O. The maximum absolute atomic E-state index is 12.1. The van der Waals surface area contributed by atoms with Gasteiger partial charge in [0.15, 0.2) is 0 Å². The predicted octanol–water partition coefficient (Wildman–Crippen LogP) is 2.21. The first kappa shape index (κ1) is 16.5. The molecule has 2 aromatic rings. The summed E-state index contributed by atoms with van der Waals surface area (Å²) in [5.74, 6) is 1.12. The van der Waals surface area contributed by atoms with Crippen molar-refractivity contribution in [3.05, 3.63) is 66.0 Å². The Bertz CT molecular complexity index is 695. The molecule has 0 atom stereocenters. The van der Waals surface area contributed by atoms with Crippen LogP contribution in [0.2, 0.25) is 0 Å². The van der Waals surface area contributed by atoms with Crippen LogP contribution in [0.3, 0.4) is 0 Å². The van der Waals surface area contributed by atoms with Crippen LogP contribution in [-0.4, -0.2) is 33.7 Å². The number of amides is 1. The number of nitrogens with one attached hydrogen (secondary N) is 1. The summed E-state index contributed by atoms with van der Waals surface area (Å²) in [6, 6.07) is 5.22. The Morgan fingerprint density at radius 2 is 2.04 bits per heavy atom. The average Bonchev–Trinajstić information content (AvgIpc) is 2.61. The normalized spacial score (nSPS) is 12.1. The first-order chi connectivity index (χ1) is 11.2. The van der Waals surface area contributed by atoms with Crippen molar-refractivity contribution in [2.24, 2.45) is 4.99 Å². The molecule has 23 heavy (non-hydrogen) atoms. The molecule has 0 saturated carbocycles. The minimum Gasteiger partial charge on any atom is -0.307 e. The van der Waals surface area contributed by atoms with Gasteiger partial charge in [0, 0.05) is 38.3 Å². The number of allylic oxidation sites excluding steroid dienone is 1. The molecule has 0 bridgehead atoms. The number of hydrogen-bond donors (Lipinski definition) is 1. The zero-order valence-electron chi connectivity index (χ0n) is 13.2. The fourth-order valence-corrected chi connectivity index (χ4v) is 1.98. The van der Waals surface area contributed by atoms with Crippen LogP contribution >= 0.6 is 0 Å². The van der Waals surface area contributed by atoms with Gasteiger partial charge in [-0.1, -0.05) is 6.08 Å². The molecule has 0 aliphatic heterocycles. The van der Waals surface area contributed by atoms with Crippen LogP contribution in [0.5, 0.6) is 0 Å². The minimum atomic E-state index is -0.224. The summed E-state index contributed by atoms with van der Waals surface area (Å²) < 4.78 is 0. The van der Waals surface area contributed by atoms with Gasteiger partial charge >= 0.3 is 0 Å². The zero-order chi connectivity index (χ0) is 16.5. The van der Waals surface area contributed by atoms with Gasteiger partial charge in [0.05, 0.1) is 5.56 Å². The molecule has 118 valence electrons. The summed E-state index contributed by atoms with van der Waals surface area (Å²) in [6.07, 6.45) is 10.1. The van der Waals surface area contributed by atoms with E-state index in [-0.39, 0.29) is 5.91 Å². The van der Waals surface area contributed by atoms with Crippen LogP contribution in [0.1, 0.15) is 29.5 Å². The lowest BCUT2D eigenvalue weighted by Crippen LogP contribution is -2.31. The van der Waals surface area contributed by atoms with Crippen LogP contribution in [0.4, 0.5) is 0 Å². The molecule has 0 saturated heterocycles. The molecule has 0 unspecified atom stereocenters. The minimum absolute atomic E-state index is 0.224. The van der Waals surface area contributed by atoms with Gasteiger partial charge in [-0.05, 0) is 37.1 Å². The zero-order valence-corrected chi connectivity index (χ0v) is 13.2. The summed E-state index contributed by atoms with van der Waals surface area (Å²) in [5.41, 5.74) is 1.40. The average molecular weight is 309 g/mol. The van der Waals surface area contributed by atoms with Gasteiger partial charge in [-0.3, -0.25) is 14.8 Å². The topological polar surface area (TPSA) is 80.1 Å². The molecule has 0 fully saturated rings. The van der Waals surface area contributed by atoms with Gasteiger partial charge in [-0.2, -0.15) is 0 Å². The summed E-state index contributed by atoms with van der Waals surface area (Å²) in [7, 11) is 1.65. The SMILES string of the molecule is CN=C(NC(=O)c1cccnc1)/C(C)=C\CCc1ncccn1. The van der Waals surface area contributed by atoms with Crippen molar-refractivity contribution in [2.75, 3.05) is 7.05 Å². The molecule has 0 aliphatic carbocycles. The Balaban J connectivity index is 1.94. The molecule has 2 heterocycles. The van der Waals surface area contributed by atoms with Gasteiger partial charge in [-0.25, -0.2) is 9.97 Å². The highest BCUT2D eigenvalue weighted by atomic mass is 16.1. The number of aliphatic imine (C=N–C) groups is 1.